The fourth-order valence-corrected chi connectivity index (χ4v) is 2.59. The van der Waals surface area contributed by atoms with Gasteiger partial charge in [-0.25, -0.2) is 9.47 Å². The Balaban J connectivity index is 1.86. The summed E-state index contributed by atoms with van der Waals surface area (Å²) < 4.78 is 39.3. The highest BCUT2D eigenvalue weighted by molar-refractivity contribution is 5.54. The van der Waals surface area contributed by atoms with Crippen LogP contribution < -0.4 is 9.47 Å². The number of anilines is 1. The van der Waals surface area contributed by atoms with Crippen molar-refractivity contribution in [1.82, 2.24) is 4.98 Å². The van der Waals surface area contributed by atoms with Crippen molar-refractivity contribution in [1.29, 1.82) is 0 Å². The summed E-state index contributed by atoms with van der Waals surface area (Å²) in [4.78, 5) is 15.9. The third-order valence-corrected chi connectivity index (χ3v) is 3.62. The largest absolute Gasteiger partial charge is 0.433 e. The average molecular weight is 325 g/mol. The van der Waals surface area contributed by atoms with E-state index < -0.39 is 16.8 Å². The van der Waals surface area contributed by atoms with Gasteiger partial charge in [-0.05, 0) is 12.1 Å². The lowest BCUT2D eigenvalue weighted by molar-refractivity contribution is -0.673. The standard InChI is InChI=1S/C14H12F3N4O2/c15-14(16,17)12-4-3-10(8-18-12)9-20-7-6-19-5-1-2-11(13(19)20)21(22)23/h1-5,8H,6-7,9H2/q+1. The van der Waals surface area contributed by atoms with Crippen LogP contribution in [0.2, 0.25) is 0 Å². The number of hydrogen-bond acceptors (Lipinski definition) is 4. The number of nitrogens with zero attached hydrogens (tertiary/aromatic N) is 4. The van der Waals surface area contributed by atoms with Gasteiger partial charge in [0.05, 0.1) is 11.1 Å². The molecule has 3 heterocycles. The minimum atomic E-state index is -4.48. The monoisotopic (exact) mass is 325 g/mol. The van der Waals surface area contributed by atoms with Crippen molar-refractivity contribution in [2.45, 2.75) is 19.3 Å². The van der Waals surface area contributed by atoms with Gasteiger partial charge in [-0.15, -0.1) is 0 Å². The lowest BCUT2D eigenvalue weighted by Gasteiger charge is -2.11. The van der Waals surface area contributed by atoms with Crippen LogP contribution in [-0.2, 0) is 19.3 Å². The highest BCUT2D eigenvalue weighted by atomic mass is 19.4. The van der Waals surface area contributed by atoms with Crippen molar-refractivity contribution in [2.24, 2.45) is 0 Å². The molecule has 1 aliphatic heterocycles. The Morgan fingerprint density at radius 2 is 2.13 bits per heavy atom. The maximum atomic E-state index is 12.5. The van der Waals surface area contributed by atoms with Crippen LogP contribution in [0, 0.1) is 10.1 Å². The van der Waals surface area contributed by atoms with Crippen LogP contribution in [0.1, 0.15) is 11.3 Å². The van der Waals surface area contributed by atoms with Crippen LogP contribution in [0.3, 0.4) is 0 Å². The summed E-state index contributed by atoms with van der Waals surface area (Å²) in [5.41, 5.74) is -0.419. The van der Waals surface area contributed by atoms with E-state index in [0.717, 1.165) is 12.3 Å². The van der Waals surface area contributed by atoms with Crippen molar-refractivity contribution < 1.29 is 22.7 Å². The molecule has 2 aromatic rings. The molecule has 0 atom stereocenters. The Kier molecular flexibility index (Phi) is 3.63. The molecule has 3 rings (SSSR count). The van der Waals surface area contributed by atoms with E-state index in [9.17, 15) is 23.3 Å². The van der Waals surface area contributed by atoms with Crippen molar-refractivity contribution in [2.75, 3.05) is 11.4 Å². The molecule has 1 aliphatic rings. The van der Waals surface area contributed by atoms with Gasteiger partial charge in [0.15, 0.2) is 0 Å². The predicted octanol–water partition coefficient (Wildman–Crippen LogP) is 2.32. The summed E-state index contributed by atoms with van der Waals surface area (Å²) in [6.07, 6.45) is -1.58. The summed E-state index contributed by atoms with van der Waals surface area (Å²) in [7, 11) is 0. The zero-order chi connectivity index (χ0) is 16.6. The molecular weight excluding hydrogens is 313 g/mol. The second-order valence-electron chi connectivity index (χ2n) is 5.14. The molecule has 0 unspecified atom stereocenters. The lowest BCUT2D eigenvalue weighted by Crippen LogP contribution is -2.31. The summed E-state index contributed by atoms with van der Waals surface area (Å²) in [5, 5.41) is 11.1. The fraction of sp³-hybridized carbons (Fsp3) is 0.286. The van der Waals surface area contributed by atoms with Gasteiger partial charge in [-0.1, -0.05) is 6.07 Å². The van der Waals surface area contributed by atoms with Crippen LogP contribution in [0.5, 0.6) is 0 Å². The van der Waals surface area contributed by atoms with Crippen molar-refractivity contribution in [3.63, 3.8) is 0 Å². The molecule has 2 aromatic heterocycles. The molecule has 0 saturated carbocycles. The molecule has 6 nitrogen and oxygen atoms in total. The molecule has 0 saturated heterocycles. The first kappa shape index (κ1) is 15.2. The van der Waals surface area contributed by atoms with E-state index in [-0.39, 0.29) is 12.2 Å². The molecule has 23 heavy (non-hydrogen) atoms. The van der Waals surface area contributed by atoms with Crippen molar-refractivity contribution >= 4 is 11.5 Å². The van der Waals surface area contributed by atoms with Crippen LogP contribution in [-0.4, -0.2) is 16.5 Å². The van der Waals surface area contributed by atoms with E-state index in [2.05, 4.69) is 4.98 Å². The summed E-state index contributed by atoms with van der Waals surface area (Å²) in [6, 6.07) is 5.27. The lowest BCUT2D eigenvalue weighted by atomic mass is 10.2. The minimum Gasteiger partial charge on any atom is -0.258 e. The van der Waals surface area contributed by atoms with Crippen LogP contribution in [0.15, 0.2) is 36.7 Å². The van der Waals surface area contributed by atoms with Gasteiger partial charge < -0.3 is 0 Å². The topological polar surface area (TPSA) is 63.2 Å². The molecule has 0 amide bonds. The second-order valence-corrected chi connectivity index (χ2v) is 5.14. The number of fused-ring (bicyclic) bond motifs is 1. The first-order valence-electron chi connectivity index (χ1n) is 6.80. The third-order valence-electron chi connectivity index (χ3n) is 3.62. The predicted molar refractivity (Wildman–Crippen MR) is 73.6 cm³/mol. The molecule has 0 spiro atoms. The minimum absolute atomic E-state index is 0.0233. The number of pyridine rings is 2. The Morgan fingerprint density at radius 3 is 2.74 bits per heavy atom. The number of halogens is 3. The molecule has 120 valence electrons. The fourth-order valence-electron chi connectivity index (χ4n) is 2.59. The number of alkyl halides is 3. The molecular formula is C14H12F3N4O2+. The van der Waals surface area contributed by atoms with E-state index in [1.165, 1.54) is 12.1 Å². The first-order valence-corrected chi connectivity index (χ1v) is 6.80. The van der Waals surface area contributed by atoms with Gasteiger partial charge in [-0.3, -0.25) is 15.1 Å². The Hall–Kier alpha value is -2.71. The normalized spacial score (nSPS) is 14.0. The maximum absolute atomic E-state index is 12.5. The van der Waals surface area contributed by atoms with Crippen LogP contribution >= 0.6 is 0 Å². The average Bonchev–Trinajstić information content (AvgIpc) is 2.90. The smallest absolute Gasteiger partial charge is 0.258 e. The van der Waals surface area contributed by atoms with Gasteiger partial charge in [-0.2, -0.15) is 13.2 Å². The molecule has 0 fully saturated rings. The Morgan fingerprint density at radius 1 is 1.35 bits per heavy atom. The molecule has 0 bridgehead atoms. The van der Waals surface area contributed by atoms with E-state index in [4.69, 9.17) is 0 Å². The van der Waals surface area contributed by atoms with Crippen LogP contribution in [0.25, 0.3) is 0 Å². The zero-order valence-electron chi connectivity index (χ0n) is 11.8. The Bertz CT molecular complexity index is 747. The van der Waals surface area contributed by atoms with Crippen molar-refractivity contribution in [3.05, 3.63) is 58.0 Å². The van der Waals surface area contributed by atoms with Crippen LogP contribution in [0.4, 0.5) is 24.7 Å². The van der Waals surface area contributed by atoms with Crippen molar-refractivity contribution in [3.8, 4) is 0 Å². The SMILES string of the molecule is O=[N+]([O-])c1ccc[n+]2c1N(Cc1ccc(C(F)(F)F)nc1)CC2. The molecule has 0 radical (unpaired) electrons. The number of aromatic nitrogens is 2. The third kappa shape index (κ3) is 2.94. The van der Waals surface area contributed by atoms with E-state index in [1.807, 2.05) is 0 Å². The zero-order valence-corrected chi connectivity index (χ0v) is 11.8. The number of nitro groups is 1. The van der Waals surface area contributed by atoms with Gasteiger partial charge in [0.25, 0.3) is 0 Å². The molecule has 0 N–H and O–H groups in total. The first-order chi connectivity index (χ1) is 10.9. The summed E-state index contributed by atoms with van der Waals surface area (Å²) in [5.74, 6) is 0.456. The molecule has 9 heteroatoms. The highest BCUT2D eigenvalue weighted by Crippen LogP contribution is 2.29. The summed E-state index contributed by atoms with van der Waals surface area (Å²) >= 11 is 0. The number of rotatable bonds is 3. The summed E-state index contributed by atoms with van der Waals surface area (Å²) in [6.45, 7) is 1.40. The quantitative estimate of drug-likeness (QED) is 0.493. The maximum Gasteiger partial charge on any atom is 0.433 e. The Labute approximate surface area is 129 Å². The van der Waals surface area contributed by atoms with Gasteiger partial charge in [0.2, 0.25) is 0 Å². The second kappa shape index (κ2) is 5.49. The molecule has 0 aliphatic carbocycles. The van der Waals surface area contributed by atoms with E-state index in [1.54, 1.807) is 21.7 Å². The van der Waals surface area contributed by atoms with E-state index in [0.29, 0.717) is 24.5 Å². The van der Waals surface area contributed by atoms with E-state index >= 15 is 0 Å². The highest BCUT2D eigenvalue weighted by Gasteiger charge is 2.36. The molecule has 0 aromatic carbocycles. The van der Waals surface area contributed by atoms with Gasteiger partial charge >= 0.3 is 17.7 Å². The van der Waals surface area contributed by atoms with Gasteiger partial charge in [0.1, 0.15) is 25.3 Å². The van der Waals surface area contributed by atoms with Gasteiger partial charge in [0, 0.05) is 17.8 Å². The number of hydrogen-bond donors (Lipinski definition) is 0.